The fraction of sp³-hybridized carbons (Fsp3) is 0.308. The average molecular weight is 248 g/mol. The van der Waals surface area contributed by atoms with Gasteiger partial charge < -0.3 is 14.9 Å². The quantitative estimate of drug-likeness (QED) is 0.555. The summed E-state index contributed by atoms with van der Waals surface area (Å²) >= 11 is 0. The molecule has 1 aromatic heterocycles. The standard InChI is InChI=1S/C13H16N2O3/c1-2-18-13(16)12(15-17)7-9-8-14-11-6-4-3-5-10(9)11/h3-6,8,12,14-15,17H,2,7H2,1H3/t12-/m0/s1. The maximum Gasteiger partial charge on any atom is 0.325 e. The third-order valence-electron chi connectivity index (χ3n) is 2.83. The van der Waals surface area contributed by atoms with Gasteiger partial charge in [-0.2, -0.15) is 5.48 Å². The monoisotopic (exact) mass is 248 g/mol. The van der Waals surface area contributed by atoms with Crippen molar-refractivity contribution in [2.24, 2.45) is 0 Å². The Balaban J connectivity index is 2.19. The van der Waals surface area contributed by atoms with E-state index in [4.69, 9.17) is 9.94 Å². The molecule has 5 heteroatoms. The molecule has 96 valence electrons. The lowest BCUT2D eigenvalue weighted by molar-refractivity contribution is -0.148. The summed E-state index contributed by atoms with van der Waals surface area (Å²) in [5.41, 5.74) is 3.97. The predicted molar refractivity (Wildman–Crippen MR) is 67.3 cm³/mol. The van der Waals surface area contributed by atoms with Crippen LogP contribution in [0.2, 0.25) is 0 Å². The van der Waals surface area contributed by atoms with E-state index in [1.165, 1.54) is 0 Å². The molecule has 0 aliphatic heterocycles. The van der Waals surface area contributed by atoms with E-state index >= 15 is 0 Å². The fourth-order valence-corrected chi connectivity index (χ4v) is 1.94. The zero-order chi connectivity index (χ0) is 13.0. The van der Waals surface area contributed by atoms with E-state index in [0.29, 0.717) is 13.0 Å². The number of hydrogen-bond donors (Lipinski definition) is 3. The summed E-state index contributed by atoms with van der Waals surface area (Å²) in [6.07, 6.45) is 2.22. The maximum atomic E-state index is 11.6. The predicted octanol–water partition coefficient (Wildman–Crippen LogP) is 1.62. The van der Waals surface area contributed by atoms with Crippen LogP contribution in [0.15, 0.2) is 30.5 Å². The number of nitrogens with one attached hydrogen (secondary N) is 2. The second-order valence-electron chi connectivity index (χ2n) is 4.00. The number of carbonyl (C=O) groups excluding carboxylic acids is 1. The van der Waals surface area contributed by atoms with Crippen LogP contribution in [0.5, 0.6) is 0 Å². The first kappa shape index (κ1) is 12.6. The van der Waals surface area contributed by atoms with Crippen LogP contribution < -0.4 is 5.48 Å². The van der Waals surface area contributed by atoms with Crippen molar-refractivity contribution in [1.29, 1.82) is 0 Å². The van der Waals surface area contributed by atoms with E-state index < -0.39 is 12.0 Å². The molecule has 0 amide bonds. The topological polar surface area (TPSA) is 74.4 Å². The maximum absolute atomic E-state index is 11.6. The Labute approximate surface area is 105 Å². The lowest BCUT2D eigenvalue weighted by Gasteiger charge is -2.12. The molecule has 1 heterocycles. The number of ether oxygens (including phenoxy) is 1. The molecule has 0 fully saturated rings. The van der Waals surface area contributed by atoms with Gasteiger partial charge in [-0.15, -0.1) is 0 Å². The molecule has 2 rings (SSSR count). The van der Waals surface area contributed by atoms with Gasteiger partial charge in [0.25, 0.3) is 0 Å². The Kier molecular flexibility index (Phi) is 3.96. The Morgan fingerprint density at radius 3 is 3.00 bits per heavy atom. The number of hydroxylamine groups is 1. The molecule has 0 radical (unpaired) electrons. The highest BCUT2D eigenvalue weighted by Gasteiger charge is 2.20. The SMILES string of the molecule is CCOC(=O)[C@H](Cc1c[nH]c2ccccc12)NO. The average Bonchev–Trinajstić information content (AvgIpc) is 2.79. The van der Waals surface area contributed by atoms with Gasteiger partial charge in [0.2, 0.25) is 0 Å². The summed E-state index contributed by atoms with van der Waals surface area (Å²) < 4.78 is 4.88. The summed E-state index contributed by atoms with van der Waals surface area (Å²) in [7, 11) is 0. The van der Waals surface area contributed by atoms with Gasteiger partial charge in [0.05, 0.1) is 6.61 Å². The van der Waals surface area contributed by atoms with Crippen molar-refractivity contribution >= 4 is 16.9 Å². The molecule has 0 aliphatic rings. The minimum Gasteiger partial charge on any atom is -0.465 e. The number of para-hydroxylation sites is 1. The van der Waals surface area contributed by atoms with Gasteiger partial charge in [0.15, 0.2) is 0 Å². The minimum atomic E-state index is -0.746. The van der Waals surface area contributed by atoms with Crippen molar-refractivity contribution in [2.75, 3.05) is 6.61 Å². The van der Waals surface area contributed by atoms with E-state index in [1.807, 2.05) is 35.9 Å². The van der Waals surface area contributed by atoms with Gasteiger partial charge in [0.1, 0.15) is 6.04 Å². The first-order chi connectivity index (χ1) is 8.76. The van der Waals surface area contributed by atoms with Gasteiger partial charge in [0, 0.05) is 23.5 Å². The van der Waals surface area contributed by atoms with Crippen LogP contribution in [0.4, 0.5) is 0 Å². The molecule has 18 heavy (non-hydrogen) atoms. The molecule has 0 saturated carbocycles. The first-order valence-electron chi connectivity index (χ1n) is 5.87. The molecule has 0 aliphatic carbocycles. The highest BCUT2D eigenvalue weighted by atomic mass is 16.5. The van der Waals surface area contributed by atoms with Crippen molar-refractivity contribution in [3.05, 3.63) is 36.0 Å². The van der Waals surface area contributed by atoms with Crippen LogP contribution >= 0.6 is 0 Å². The van der Waals surface area contributed by atoms with E-state index in [2.05, 4.69) is 4.98 Å². The van der Waals surface area contributed by atoms with Gasteiger partial charge in [-0.3, -0.25) is 4.79 Å². The van der Waals surface area contributed by atoms with Crippen molar-refractivity contribution in [3.63, 3.8) is 0 Å². The zero-order valence-electron chi connectivity index (χ0n) is 10.1. The van der Waals surface area contributed by atoms with Gasteiger partial charge in [-0.25, -0.2) is 0 Å². The number of aromatic nitrogens is 1. The van der Waals surface area contributed by atoms with Crippen molar-refractivity contribution in [1.82, 2.24) is 10.5 Å². The van der Waals surface area contributed by atoms with Crippen LogP contribution in [0.25, 0.3) is 10.9 Å². The molecule has 5 nitrogen and oxygen atoms in total. The number of hydrogen-bond acceptors (Lipinski definition) is 4. The number of esters is 1. The highest BCUT2D eigenvalue weighted by molar-refractivity contribution is 5.84. The van der Waals surface area contributed by atoms with Gasteiger partial charge in [-0.1, -0.05) is 18.2 Å². The molecule has 0 bridgehead atoms. The van der Waals surface area contributed by atoms with Gasteiger partial charge in [-0.05, 0) is 18.6 Å². The van der Waals surface area contributed by atoms with Crippen LogP contribution in [-0.2, 0) is 16.0 Å². The normalized spacial score (nSPS) is 12.6. The minimum absolute atomic E-state index is 0.297. The summed E-state index contributed by atoms with van der Waals surface area (Å²) in [5.74, 6) is -0.453. The summed E-state index contributed by atoms with van der Waals surface area (Å²) in [4.78, 5) is 14.7. The van der Waals surface area contributed by atoms with Crippen LogP contribution in [0.1, 0.15) is 12.5 Å². The Hall–Kier alpha value is -1.85. The number of aromatic amines is 1. The third-order valence-corrected chi connectivity index (χ3v) is 2.83. The van der Waals surface area contributed by atoms with Gasteiger partial charge >= 0.3 is 5.97 Å². The molecular formula is C13H16N2O3. The lowest BCUT2D eigenvalue weighted by atomic mass is 10.1. The number of carbonyl (C=O) groups is 1. The van der Waals surface area contributed by atoms with Crippen LogP contribution in [0.3, 0.4) is 0 Å². The zero-order valence-corrected chi connectivity index (χ0v) is 10.1. The molecule has 0 saturated heterocycles. The van der Waals surface area contributed by atoms with Crippen LogP contribution in [-0.4, -0.2) is 28.8 Å². The van der Waals surface area contributed by atoms with Crippen molar-refractivity contribution in [3.8, 4) is 0 Å². The summed E-state index contributed by atoms with van der Waals surface area (Å²) in [5, 5.41) is 10.1. The van der Waals surface area contributed by atoms with E-state index in [9.17, 15) is 4.79 Å². The molecule has 3 N–H and O–H groups in total. The Morgan fingerprint density at radius 2 is 2.28 bits per heavy atom. The van der Waals surface area contributed by atoms with Crippen molar-refractivity contribution < 1.29 is 14.7 Å². The van der Waals surface area contributed by atoms with Crippen LogP contribution in [0, 0.1) is 0 Å². The van der Waals surface area contributed by atoms with Crippen molar-refractivity contribution in [2.45, 2.75) is 19.4 Å². The number of rotatable bonds is 5. The first-order valence-corrected chi connectivity index (χ1v) is 5.87. The molecule has 1 aromatic carbocycles. The number of benzene rings is 1. The highest BCUT2D eigenvalue weighted by Crippen LogP contribution is 2.19. The van der Waals surface area contributed by atoms with E-state index in [0.717, 1.165) is 16.5 Å². The molecule has 2 aromatic rings. The second kappa shape index (κ2) is 5.66. The summed E-state index contributed by atoms with van der Waals surface area (Å²) in [6, 6.07) is 7.07. The Bertz CT molecular complexity index is 536. The van der Waals surface area contributed by atoms with E-state index in [-0.39, 0.29) is 0 Å². The fourth-order valence-electron chi connectivity index (χ4n) is 1.94. The molecule has 0 spiro atoms. The largest absolute Gasteiger partial charge is 0.465 e. The van der Waals surface area contributed by atoms with E-state index in [1.54, 1.807) is 6.92 Å². The second-order valence-corrected chi connectivity index (χ2v) is 4.00. The third kappa shape index (κ3) is 2.52. The molecule has 0 unspecified atom stereocenters. The Morgan fingerprint density at radius 1 is 1.50 bits per heavy atom. The number of H-pyrrole nitrogens is 1. The smallest absolute Gasteiger partial charge is 0.325 e. The summed E-state index contributed by atoms with van der Waals surface area (Å²) in [6.45, 7) is 2.03. The lowest BCUT2D eigenvalue weighted by Crippen LogP contribution is -2.37. The molecule has 1 atom stereocenters. The number of fused-ring (bicyclic) bond motifs is 1. The molecular weight excluding hydrogens is 232 g/mol.